The maximum atomic E-state index is 13.5. The predicted octanol–water partition coefficient (Wildman–Crippen LogP) is 4.80. The minimum atomic E-state index is -0.769. The second-order valence-corrected chi connectivity index (χ2v) is 11.6. The lowest BCUT2D eigenvalue weighted by atomic mass is 9.74. The number of benzene rings is 1. The predicted molar refractivity (Wildman–Crippen MR) is 148 cm³/mol. The van der Waals surface area contributed by atoms with Crippen molar-refractivity contribution in [2.24, 2.45) is 5.92 Å². The van der Waals surface area contributed by atoms with Gasteiger partial charge < -0.3 is 10.0 Å². The van der Waals surface area contributed by atoms with Gasteiger partial charge in [0.2, 0.25) is 0 Å². The Labute approximate surface area is 228 Å². The number of rotatable bonds is 6. The number of aromatic nitrogens is 2. The average molecular weight is 530 g/mol. The molecule has 1 amide bonds. The molecular weight excluding hydrogens is 494 g/mol. The summed E-state index contributed by atoms with van der Waals surface area (Å²) in [6.07, 6.45) is 5.31. The maximum Gasteiger partial charge on any atom is 0.272 e. The molecule has 2 fully saturated rings. The smallest absolute Gasteiger partial charge is 0.272 e. The largest absolute Gasteiger partial charge is 0.374 e. The van der Waals surface area contributed by atoms with Crippen molar-refractivity contribution < 1.29 is 9.90 Å². The molecule has 1 unspecified atom stereocenters. The summed E-state index contributed by atoms with van der Waals surface area (Å²) in [4.78, 5) is 26.5. The van der Waals surface area contributed by atoms with Crippen molar-refractivity contribution in [1.82, 2.24) is 19.8 Å². The van der Waals surface area contributed by atoms with Gasteiger partial charge in [0.05, 0.1) is 16.5 Å². The van der Waals surface area contributed by atoms with E-state index in [1.165, 1.54) is 5.01 Å². The minimum Gasteiger partial charge on any atom is -0.374 e. The number of amides is 1. The Hall–Kier alpha value is -3.12. The Morgan fingerprint density at radius 2 is 1.89 bits per heavy atom. The van der Waals surface area contributed by atoms with Crippen LogP contribution in [-0.4, -0.2) is 57.0 Å². The van der Waals surface area contributed by atoms with Crippen LogP contribution in [0.1, 0.15) is 69.8 Å². The molecule has 5 rings (SSSR count). The van der Waals surface area contributed by atoms with Gasteiger partial charge in [-0.1, -0.05) is 30.3 Å². The summed E-state index contributed by atoms with van der Waals surface area (Å²) in [7, 11) is 0. The zero-order valence-corrected chi connectivity index (χ0v) is 23.0. The molecule has 1 N–H and O–H groups in total. The van der Waals surface area contributed by atoms with E-state index in [2.05, 4.69) is 20.9 Å². The number of aliphatic hydroxyl groups is 1. The van der Waals surface area contributed by atoms with Crippen molar-refractivity contribution in [3.05, 3.63) is 81.1 Å². The number of pyridine rings is 1. The third-order valence-electron chi connectivity index (χ3n) is 8.44. The molecule has 2 aliphatic heterocycles. The Morgan fingerprint density at radius 3 is 2.53 bits per heavy atom. The molecule has 198 valence electrons. The van der Waals surface area contributed by atoms with Gasteiger partial charge in [0, 0.05) is 55.4 Å². The summed E-state index contributed by atoms with van der Waals surface area (Å²) in [5.41, 5.74) is 3.25. The standard InChI is InChI=1S/C30H35N5O2S/c1-21-22(2)33-26(29(37)35-15-10-30(20-31,11-16-35)24-6-4-3-5-7-24)19-25(21)28(36)34-13-8-23(9-14-34)18-27-32-12-17-38-27/h3-7,12,17,19,23,28,36H,8-11,13-16,18H2,1-2H3. The van der Waals surface area contributed by atoms with Crippen LogP contribution in [0.2, 0.25) is 0 Å². The van der Waals surface area contributed by atoms with Crippen LogP contribution >= 0.6 is 11.3 Å². The van der Waals surface area contributed by atoms with Crippen LogP contribution in [0.5, 0.6) is 0 Å². The average Bonchev–Trinajstić information content (AvgIpc) is 3.48. The SMILES string of the molecule is Cc1nc(C(=O)N2CCC(C#N)(c3ccccc3)CC2)cc(C(O)N2CCC(Cc3nccs3)CC2)c1C. The number of likely N-dealkylation sites (tertiary alicyclic amines) is 2. The van der Waals surface area contributed by atoms with Crippen LogP contribution in [0, 0.1) is 31.1 Å². The molecule has 2 aliphatic rings. The van der Waals surface area contributed by atoms with Crippen molar-refractivity contribution in [2.75, 3.05) is 26.2 Å². The monoisotopic (exact) mass is 529 g/mol. The van der Waals surface area contributed by atoms with Crippen molar-refractivity contribution in [1.29, 1.82) is 5.26 Å². The second-order valence-electron chi connectivity index (χ2n) is 10.6. The summed E-state index contributed by atoms with van der Waals surface area (Å²) in [6.45, 7) is 6.48. The molecule has 1 aromatic carbocycles. The van der Waals surface area contributed by atoms with Crippen LogP contribution in [0.15, 0.2) is 48.0 Å². The van der Waals surface area contributed by atoms with Gasteiger partial charge in [0.15, 0.2) is 0 Å². The number of aryl methyl sites for hydroxylation is 1. The van der Waals surface area contributed by atoms with Gasteiger partial charge in [-0.15, -0.1) is 11.3 Å². The summed E-state index contributed by atoms with van der Waals surface area (Å²) in [5.74, 6) is 0.445. The fourth-order valence-electron chi connectivity index (χ4n) is 5.81. The fourth-order valence-corrected chi connectivity index (χ4v) is 6.55. The summed E-state index contributed by atoms with van der Waals surface area (Å²) >= 11 is 1.71. The van der Waals surface area contributed by atoms with E-state index in [1.807, 2.05) is 55.8 Å². The number of hydrogen-bond acceptors (Lipinski definition) is 7. The molecule has 1 atom stereocenters. The van der Waals surface area contributed by atoms with E-state index in [-0.39, 0.29) is 5.91 Å². The number of nitriles is 1. The first kappa shape index (κ1) is 26.5. The lowest BCUT2D eigenvalue weighted by Crippen LogP contribution is -2.45. The van der Waals surface area contributed by atoms with E-state index < -0.39 is 11.6 Å². The van der Waals surface area contributed by atoms with E-state index >= 15 is 0 Å². The van der Waals surface area contributed by atoms with Gasteiger partial charge in [-0.25, -0.2) is 9.97 Å². The van der Waals surface area contributed by atoms with Crippen molar-refractivity contribution >= 4 is 17.2 Å². The highest BCUT2D eigenvalue weighted by Crippen LogP contribution is 2.36. The molecule has 0 bridgehead atoms. The maximum absolute atomic E-state index is 13.5. The highest BCUT2D eigenvalue weighted by Gasteiger charge is 2.38. The van der Waals surface area contributed by atoms with Gasteiger partial charge >= 0.3 is 0 Å². The van der Waals surface area contributed by atoms with Gasteiger partial charge in [0.1, 0.15) is 11.9 Å². The lowest BCUT2D eigenvalue weighted by Gasteiger charge is -2.38. The third-order valence-corrected chi connectivity index (χ3v) is 9.24. The van der Waals surface area contributed by atoms with Crippen LogP contribution in [-0.2, 0) is 11.8 Å². The Morgan fingerprint density at radius 1 is 1.18 bits per heavy atom. The van der Waals surface area contributed by atoms with E-state index in [4.69, 9.17) is 0 Å². The Balaban J connectivity index is 1.26. The molecule has 3 aromatic rings. The van der Waals surface area contributed by atoms with Crippen LogP contribution < -0.4 is 0 Å². The first-order valence-corrected chi connectivity index (χ1v) is 14.3. The van der Waals surface area contributed by atoms with E-state index in [9.17, 15) is 15.2 Å². The van der Waals surface area contributed by atoms with E-state index in [1.54, 1.807) is 22.3 Å². The molecule has 38 heavy (non-hydrogen) atoms. The Kier molecular flexibility index (Phi) is 7.89. The minimum absolute atomic E-state index is 0.136. The zero-order chi connectivity index (χ0) is 26.7. The van der Waals surface area contributed by atoms with Crippen molar-refractivity contribution in [3.8, 4) is 6.07 Å². The quantitative estimate of drug-likeness (QED) is 0.493. The van der Waals surface area contributed by atoms with Gasteiger partial charge in [-0.3, -0.25) is 9.69 Å². The Bertz CT molecular complexity index is 1290. The topological polar surface area (TPSA) is 93.3 Å². The number of hydrogen-bond donors (Lipinski definition) is 1. The van der Waals surface area contributed by atoms with Crippen molar-refractivity contribution in [3.63, 3.8) is 0 Å². The van der Waals surface area contributed by atoms with Crippen LogP contribution in [0.3, 0.4) is 0 Å². The molecule has 0 spiro atoms. The number of carbonyl (C=O) groups excluding carboxylic acids is 1. The number of aliphatic hydroxyl groups excluding tert-OH is 1. The molecule has 0 aliphatic carbocycles. The number of thiazole rings is 1. The van der Waals surface area contributed by atoms with Gasteiger partial charge in [-0.05, 0) is 62.6 Å². The number of nitrogens with zero attached hydrogens (tertiary/aromatic N) is 5. The summed E-state index contributed by atoms with van der Waals surface area (Å²) in [5, 5.41) is 24.6. The molecular formula is C30H35N5O2S. The molecule has 4 heterocycles. The highest BCUT2D eigenvalue weighted by atomic mass is 32.1. The highest BCUT2D eigenvalue weighted by molar-refractivity contribution is 7.09. The molecule has 8 heteroatoms. The third kappa shape index (κ3) is 5.37. The van der Waals surface area contributed by atoms with Gasteiger partial charge in [0.25, 0.3) is 5.91 Å². The molecule has 0 radical (unpaired) electrons. The van der Waals surface area contributed by atoms with Gasteiger partial charge in [-0.2, -0.15) is 5.26 Å². The van der Waals surface area contributed by atoms with E-state index in [0.717, 1.165) is 54.7 Å². The number of piperidine rings is 2. The van der Waals surface area contributed by atoms with E-state index in [0.29, 0.717) is 37.5 Å². The van der Waals surface area contributed by atoms with Crippen LogP contribution in [0.4, 0.5) is 0 Å². The van der Waals surface area contributed by atoms with Crippen molar-refractivity contribution in [2.45, 2.75) is 57.6 Å². The first-order valence-electron chi connectivity index (χ1n) is 13.4. The fraction of sp³-hybridized carbons (Fsp3) is 0.467. The molecule has 0 saturated carbocycles. The normalized spacial score (nSPS) is 19.2. The lowest BCUT2D eigenvalue weighted by molar-refractivity contribution is -0.0194. The summed E-state index contributed by atoms with van der Waals surface area (Å²) < 4.78 is 0. The molecule has 7 nitrogen and oxygen atoms in total. The molecule has 2 saturated heterocycles. The van der Waals surface area contributed by atoms with Crippen LogP contribution in [0.25, 0.3) is 0 Å². The summed E-state index contributed by atoms with van der Waals surface area (Å²) in [6, 6.07) is 14.2. The first-order chi connectivity index (χ1) is 18.4. The second kappa shape index (κ2) is 11.3. The molecule has 2 aromatic heterocycles. The zero-order valence-electron chi connectivity index (χ0n) is 22.1. The number of carbonyl (C=O) groups is 1.